The first-order valence-electron chi connectivity index (χ1n) is 47.6. The summed E-state index contributed by atoms with van der Waals surface area (Å²) in [5.74, 6) is -7.14. The lowest BCUT2D eigenvalue weighted by Gasteiger charge is -2.42. The lowest BCUT2D eigenvalue weighted by molar-refractivity contribution is -0.265. The molecule has 4 N–H and O–H groups in total. The maximum atomic E-state index is 14.9. The summed E-state index contributed by atoms with van der Waals surface area (Å²) in [6.45, 7) is 18.8. The molecule has 15 atom stereocenters. The van der Waals surface area contributed by atoms with Crippen molar-refractivity contribution in [3.05, 3.63) is 172 Å². The number of cyclic esters (lactones) is 1. The van der Waals surface area contributed by atoms with Crippen molar-refractivity contribution >= 4 is 87.9 Å². The summed E-state index contributed by atoms with van der Waals surface area (Å²) in [7, 11) is 4.52. The zero-order valence-corrected chi connectivity index (χ0v) is 78.8. The number of benzene rings is 1. The van der Waals surface area contributed by atoms with E-state index in [1.165, 1.54) is 23.9 Å². The average molecular weight is 1850 g/mol. The van der Waals surface area contributed by atoms with Crippen LogP contribution in [0.4, 0.5) is 28.5 Å². The molecule has 35 heteroatoms. The molecule has 5 fully saturated rings. The molecule has 1 saturated carbocycles. The minimum atomic E-state index is -2.49. The van der Waals surface area contributed by atoms with Gasteiger partial charge in [0.05, 0.1) is 59.3 Å². The molecule has 0 spiro atoms. The van der Waals surface area contributed by atoms with Crippen molar-refractivity contribution in [1.29, 1.82) is 0 Å². The van der Waals surface area contributed by atoms with E-state index in [0.717, 1.165) is 51.2 Å². The predicted molar refractivity (Wildman–Crippen MR) is 502 cm³/mol. The molecule has 2 aliphatic carbocycles. The Morgan fingerprint density at radius 3 is 2.07 bits per heavy atom. The van der Waals surface area contributed by atoms with Crippen LogP contribution in [0.2, 0.25) is 0 Å². The number of nitrogens with two attached hydrogens (primary N) is 1. The molecule has 13 heterocycles. The fourth-order valence-electron chi connectivity index (χ4n) is 20.5. The van der Waals surface area contributed by atoms with Gasteiger partial charge in [-0.15, -0.1) is 0 Å². The number of piperazine rings is 2. The minimum Gasteiger partial charge on any atom is -0.460 e. The minimum absolute atomic E-state index is 0.0250. The van der Waals surface area contributed by atoms with E-state index in [-0.39, 0.29) is 67.6 Å². The van der Waals surface area contributed by atoms with Gasteiger partial charge in [-0.05, 0) is 142 Å². The zero-order valence-electron chi connectivity index (χ0n) is 78.8. The lowest BCUT2D eigenvalue weighted by Crippen LogP contribution is -2.61. The normalized spacial score (nSPS) is 28.2. The Hall–Kier alpha value is -12.0. The number of anilines is 4. The first-order chi connectivity index (χ1) is 65.1. The van der Waals surface area contributed by atoms with Crippen LogP contribution in [-0.4, -0.2) is 279 Å². The number of hydrogen-bond donors (Lipinski definition) is 3. The van der Waals surface area contributed by atoms with Crippen molar-refractivity contribution in [3.63, 3.8) is 0 Å². The number of ether oxygens (including phenoxy) is 6. The van der Waals surface area contributed by atoms with Crippen LogP contribution in [0.25, 0.3) is 28.4 Å². The second-order valence-electron chi connectivity index (χ2n) is 38.0. The largest absolute Gasteiger partial charge is 0.460 e. The highest BCUT2D eigenvalue weighted by atomic mass is 16.6. The molecular weight excluding hydrogens is 1720 g/mol. The van der Waals surface area contributed by atoms with Crippen LogP contribution < -0.4 is 20.4 Å². The van der Waals surface area contributed by atoms with Gasteiger partial charge >= 0.3 is 12.1 Å². The predicted octanol–water partition coefficient (Wildman–Crippen LogP) is 9.64. The van der Waals surface area contributed by atoms with Crippen LogP contribution in [0, 0.1) is 35.5 Å². The van der Waals surface area contributed by atoms with Gasteiger partial charge in [0, 0.05) is 192 Å². The fraction of sp³-hybridized carbons (Fsp3) is 0.540. The number of aromatic nitrogens is 11. The van der Waals surface area contributed by atoms with Gasteiger partial charge < -0.3 is 78.7 Å². The molecule has 2 bridgehead atoms. The number of carbonyl (C=O) groups excluding carboxylic acids is 8. The van der Waals surface area contributed by atoms with E-state index in [1.54, 1.807) is 81.9 Å². The second-order valence-corrected chi connectivity index (χ2v) is 38.0. The van der Waals surface area contributed by atoms with E-state index >= 15 is 0 Å². The Labute approximate surface area is 786 Å². The number of nitrogens with zero attached hydrogens (tertiary/aromatic N) is 18. The number of nitrogen functional groups attached to an aromatic ring is 1. The van der Waals surface area contributed by atoms with E-state index in [2.05, 4.69) is 81.1 Å². The third-order valence-corrected chi connectivity index (χ3v) is 28.7. The lowest BCUT2D eigenvalue weighted by atomic mass is 9.78. The van der Waals surface area contributed by atoms with Crippen LogP contribution in [0.3, 0.4) is 0 Å². The standard InChI is InChI=1S/C100H125N19O16/c1-59-17-12-11-13-18-60(2)81(130-8)47-75-26-22-65(7)100(129,135-75)89(123)94(126)118-30-15-14-21-78(118)95(127)133-82(48-79(120)61(3)42-64(6)87(122)88(132-10)86(121)63(5)41-59)62(4)43-66-24-27-80(83(45-66)131-9)134-99(128)117-32-29-77-74(57-117)54-107-98(110-77)115-39-37-114(38-40-115)97-103-50-72(51-104-97)92(124)112-33-35-113(36-34-112)96-105-52-73(53-106-96)93(125)116-31-28-68-44-67(23-25-70(68)56-116)55-119-91-84(90(101)108-58-109-91)85(111-119)71-46-69-19-16-20-76(69)102-49-71/h11-13,16-19,23,25,42,44,46,49-54,58-59,61-63,65-66,75,78,80-83,87-88,122,129H,14-15,20-22,24,26-41,43,45,47-48,55-57H2,1-10H3,(H2,101,108,109)/b13-11+,17-12+,60-18+,64-42+/t59-,61-,62-,63-,65-,66+,75+,78+,80-,81+,82+,83-,87-,88+,100-/m1/s1. The van der Waals surface area contributed by atoms with Gasteiger partial charge in [0.1, 0.15) is 54.1 Å². The summed E-state index contributed by atoms with van der Waals surface area (Å²) >= 11 is 0. The van der Waals surface area contributed by atoms with Gasteiger partial charge in [-0.3, -0.25) is 33.8 Å². The molecule has 35 nitrogen and oxygen atoms in total. The molecule has 1 aromatic carbocycles. The molecule has 7 aliphatic heterocycles. The molecule has 4 amide bonds. The van der Waals surface area contributed by atoms with Gasteiger partial charge in [0.15, 0.2) is 11.4 Å². The number of rotatable bonds is 15. The van der Waals surface area contributed by atoms with E-state index in [4.69, 9.17) is 49.2 Å². The Balaban J connectivity index is 0.487. The summed E-state index contributed by atoms with van der Waals surface area (Å²) in [6, 6.07) is 7.18. The first kappa shape index (κ1) is 96.1. The third kappa shape index (κ3) is 21.6. The molecule has 4 saturated heterocycles. The molecule has 6 aromatic heterocycles. The summed E-state index contributed by atoms with van der Waals surface area (Å²) in [5, 5.41) is 29.6. The van der Waals surface area contributed by atoms with E-state index in [1.807, 2.05) is 78.8 Å². The second kappa shape index (κ2) is 42.5. The monoisotopic (exact) mass is 1850 g/mol. The maximum absolute atomic E-state index is 14.9. The number of Topliss-reactive ketones (excluding diaryl/α,β-unsaturated/α-hetero) is 3. The van der Waals surface area contributed by atoms with E-state index in [0.29, 0.717) is 206 Å². The number of aliphatic hydroxyl groups excluding tert-OH is 1. The van der Waals surface area contributed by atoms with E-state index in [9.17, 15) is 48.6 Å². The molecule has 716 valence electrons. The average Bonchev–Trinajstić information content (AvgIpc) is 1.69. The van der Waals surface area contributed by atoms with Gasteiger partial charge in [-0.2, -0.15) is 5.10 Å². The Kier molecular flexibility index (Phi) is 30.3. The molecule has 7 aromatic rings. The van der Waals surface area contributed by atoms with Crippen molar-refractivity contribution in [2.75, 3.05) is 114 Å². The summed E-state index contributed by atoms with van der Waals surface area (Å²) < 4.78 is 38.5. The highest BCUT2D eigenvalue weighted by Gasteiger charge is 2.54. The number of allylic oxidation sites excluding steroid dienone is 7. The topological polar surface area (TPSA) is 415 Å². The zero-order chi connectivity index (χ0) is 95.0. The van der Waals surface area contributed by atoms with Crippen molar-refractivity contribution < 1.29 is 77.0 Å². The maximum Gasteiger partial charge on any atom is 0.410 e. The van der Waals surface area contributed by atoms with Crippen molar-refractivity contribution in [2.45, 2.75) is 219 Å². The summed E-state index contributed by atoms with van der Waals surface area (Å²) in [4.78, 5) is 169. The number of carbonyl (C=O) groups is 8. The first-order valence-corrected chi connectivity index (χ1v) is 47.6. The quantitative estimate of drug-likeness (QED) is 0.0488. The van der Waals surface area contributed by atoms with Crippen LogP contribution in [0.15, 0.2) is 121 Å². The number of piperidine rings is 1. The van der Waals surface area contributed by atoms with Crippen molar-refractivity contribution in [1.82, 2.24) is 74.2 Å². The number of amides is 4. The van der Waals surface area contributed by atoms with Crippen molar-refractivity contribution in [3.8, 4) is 11.3 Å². The number of methoxy groups -OCH3 is 3. The Morgan fingerprint density at radius 2 is 1.36 bits per heavy atom. The van der Waals surface area contributed by atoms with Crippen LogP contribution in [-0.2, 0) is 91.3 Å². The molecule has 9 aliphatic rings. The Bertz CT molecular complexity index is 5690. The smallest absolute Gasteiger partial charge is 0.410 e. The highest BCUT2D eigenvalue weighted by molar-refractivity contribution is 6.39. The number of pyridine rings is 1. The molecule has 135 heavy (non-hydrogen) atoms. The van der Waals surface area contributed by atoms with Crippen molar-refractivity contribution in [2.24, 2.45) is 35.5 Å². The van der Waals surface area contributed by atoms with Crippen LogP contribution in [0.5, 0.6) is 0 Å². The van der Waals surface area contributed by atoms with Gasteiger partial charge in [-0.25, -0.2) is 54.1 Å². The summed E-state index contributed by atoms with van der Waals surface area (Å²) in [5.41, 5.74) is 17.6. The molecule has 0 radical (unpaired) electrons. The van der Waals surface area contributed by atoms with Crippen LogP contribution in [0.1, 0.15) is 185 Å². The molecular formula is C100H125N19O16. The van der Waals surface area contributed by atoms with Gasteiger partial charge in [0.2, 0.25) is 23.6 Å². The highest BCUT2D eigenvalue weighted by Crippen LogP contribution is 2.41. The Morgan fingerprint density at radius 1 is 0.659 bits per heavy atom. The number of fused-ring (bicyclic) bond motifs is 7. The van der Waals surface area contributed by atoms with Crippen LogP contribution >= 0.6 is 0 Å². The van der Waals surface area contributed by atoms with Gasteiger partial charge in [0.25, 0.3) is 23.5 Å². The molecule has 0 unspecified atom stereocenters. The number of hydrogen-bond acceptors (Lipinski definition) is 30. The fourth-order valence-corrected chi connectivity index (χ4v) is 20.5. The SMILES string of the molecule is CO[C@H]1C[C@@H]2CC[C@@H](C)[C@@](O)(O2)C(=O)C(=O)N2CCCC[C@H]2C(=O)O[C@H]([C@H](C)C[C@@H]2CC[C@@H](OC(=O)N3CCc4nc(N5CCN(c6ncc(C(=O)N7CCN(c8ncc(C(=O)N9CCc%10cc(Cn%11nc(-c%12cnc%13c(c%12)C=CC%13)c%12c(N)ncnc%12%11)ccc%10C9)cn8)CC7)cn6)CC5)ncc4C3)[C@H](OC)C2)CC(=O)[C@H](C)/C=C(\C)[C@@H](O)[C@@H](OC)C(=O)[C@H](C)C[C@H](C)/C=C/C=C/C=C/1C. The number of ketones is 3. The summed E-state index contributed by atoms with van der Waals surface area (Å²) in [6.07, 6.45) is 26.9. The van der Waals surface area contributed by atoms with E-state index < -0.39 is 102 Å². The number of esters is 1. The van der Waals surface area contributed by atoms with Gasteiger partial charge in [-0.1, -0.05) is 101 Å². The third-order valence-electron chi connectivity index (χ3n) is 28.7. The molecule has 16 rings (SSSR count). The number of aliphatic hydroxyl groups is 2.